The van der Waals surface area contributed by atoms with E-state index in [9.17, 15) is 0 Å². The molecular weight excluding hydrogens is 256 g/mol. The molecule has 0 aliphatic carbocycles. The quantitative estimate of drug-likeness (QED) is 0.266. The van der Waals surface area contributed by atoms with Crippen molar-refractivity contribution in [2.75, 3.05) is 5.75 Å². The Hall–Kier alpha value is 0.700. The molecular formula is C16H34S2. The average molecular weight is 291 g/mol. The lowest BCUT2D eigenvalue weighted by molar-refractivity contribution is 0.407. The van der Waals surface area contributed by atoms with Crippen LogP contribution in [-0.2, 0) is 0 Å². The molecule has 0 aromatic rings. The third kappa shape index (κ3) is 10.6. The topological polar surface area (TPSA) is 0 Å². The van der Waals surface area contributed by atoms with Crippen LogP contribution < -0.4 is 0 Å². The minimum Gasteiger partial charge on any atom is -0.0942 e. The second-order valence-corrected chi connectivity index (χ2v) is 8.35. The summed E-state index contributed by atoms with van der Waals surface area (Å²) in [7, 11) is 4.17. The normalized spacial score (nSPS) is 14.7. The molecule has 0 aromatic carbocycles. The van der Waals surface area contributed by atoms with Crippen molar-refractivity contribution >= 4 is 21.6 Å². The molecule has 0 rings (SSSR count). The van der Waals surface area contributed by atoms with E-state index in [0.29, 0.717) is 0 Å². The van der Waals surface area contributed by atoms with Gasteiger partial charge in [-0.15, -0.1) is 0 Å². The van der Waals surface area contributed by atoms with Crippen LogP contribution in [0.25, 0.3) is 0 Å². The lowest BCUT2D eigenvalue weighted by Crippen LogP contribution is -2.13. The molecule has 0 fully saturated rings. The maximum Gasteiger partial charge on any atom is 0.0151 e. The predicted molar refractivity (Wildman–Crippen MR) is 91.6 cm³/mol. The fraction of sp³-hybridized carbons (Fsp3) is 1.00. The van der Waals surface area contributed by atoms with Crippen LogP contribution in [0.4, 0.5) is 0 Å². The minimum absolute atomic E-state index is 0.841. The summed E-state index contributed by atoms with van der Waals surface area (Å²) >= 11 is 0. The van der Waals surface area contributed by atoms with Gasteiger partial charge in [-0.2, -0.15) is 0 Å². The van der Waals surface area contributed by atoms with E-state index in [1.807, 2.05) is 10.8 Å². The Bertz CT molecular complexity index is 159. The van der Waals surface area contributed by atoms with Gasteiger partial charge in [-0.05, 0) is 18.8 Å². The first-order valence-electron chi connectivity index (χ1n) is 8.04. The van der Waals surface area contributed by atoms with Gasteiger partial charge < -0.3 is 0 Å². The van der Waals surface area contributed by atoms with Crippen LogP contribution >= 0.6 is 21.6 Å². The van der Waals surface area contributed by atoms with Crippen molar-refractivity contribution in [3.63, 3.8) is 0 Å². The first-order chi connectivity index (χ1) is 8.76. The van der Waals surface area contributed by atoms with Crippen LogP contribution in [-0.4, -0.2) is 11.0 Å². The van der Waals surface area contributed by atoms with Gasteiger partial charge in [-0.3, -0.25) is 0 Å². The van der Waals surface area contributed by atoms with E-state index in [0.717, 1.165) is 11.2 Å². The molecule has 0 aliphatic rings. The molecule has 0 aromatic heterocycles. The fourth-order valence-electron chi connectivity index (χ4n) is 2.36. The summed E-state index contributed by atoms with van der Waals surface area (Å²) in [6.45, 7) is 9.32. The van der Waals surface area contributed by atoms with Gasteiger partial charge in [-0.1, -0.05) is 94.2 Å². The summed E-state index contributed by atoms with van der Waals surface area (Å²) in [4.78, 5) is 0. The smallest absolute Gasteiger partial charge is 0.0151 e. The first kappa shape index (κ1) is 18.7. The Kier molecular flexibility index (Phi) is 14.7. The second kappa shape index (κ2) is 14.1. The molecule has 1 unspecified atom stereocenters. The first-order valence-corrected chi connectivity index (χ1v) is 10.4. The van der Waals surface area contributed by atoms with Crippen molar-refractivity contribution in [2.45, 2.75) is 90.7 Å². The van der Waals surface area contributed by atoms with Crippen LogP contribution in [0.5, 0.6) is 0 Å². The Morgan fingerprint density at radius 3 is 1.89 bits per heavy atom. The van der Waals surface area contributed by atoms with Crippen molar-refractivity contribution in [1.82, 2.24) is 0 Å². The molecule has 0 aliphatic heterocycles. The van der Waals surface area contributed by atoms with E-state index in [4.69, 9.17) is 0 Å². The van der Waals surface area contributed by atoms with E-state index < -0.39 is 0 Å². The molecule has 0 heterocycles. The highest BCUT2D eigenvalue weighted by Crippen LogP contribution is 2.35. The summed E-state index contributed by atoms with van der Waals surface area (Å²) < 4.78 is 0. The Balaban J connectivity index is 3.89. The number of unbranched alkanes of at least 4 members (excludes halogenated alkanes) is 5. The van der Waals surface area contributed by atoms with Crippen molar-refractivity contribution < 1.29 is 0 Å². The van der Waals surface area contributed by atoms with Gasteiger partial charge in [0.2, 0.25) is 0 Å². The molecule has 0 nitrogen and oxygen atoms in total. The monoisotopic (exact) mass is 290 g/mol. The van der Waals surface area contributed by atoms with Gasteiger partial charge in [0.05, 0.1) is 0 Å². The zero-order valence-electron chi connectivity index (χ0n) is 13.0. The van der Waals surface area contributed by atoms with Gasteiger partial charge in [-0.25, -0.2) is 0 Å². The maximum atomic E-state index is 2.45. The lowest BCUT2D eigenvalue weighted by atomic mass is 9.92. The van der Waals surface area contributed by atoms with Crippen LogP contribution in [0.2, 0.25) is 0 Å². The van der Waals surface area contributed by atoms with E-state index in [1.54, 1.807) is 0 Å². The van der Waals surface area contributed by atoms with Gasteiger partial charge in [0.15, 0.2) is 0 Å². The third-order valence-electron chi connectivity index (χ3n) is 3.61. The van der Waals surface area contributed by atoms with Crippen LogP contribution in [0.3, 0.4) is 0 Å². The van der Waals surface area contributed by atoms with Crippen molar-refractivity contribution in [3.05, 3.63) is 0 Å². The highest BCUT2D eigenvalue weighted by molar-refractivity contribution is 8.76. The number of hydrogen-bond acceptors (Lipinski definition) is 2. The van der Waals surface area contributed by atoms with Gasteiger partial charge >= 0.3 is 0 Å². The molecule has 0 saturated carbocycles. The Morgan fingerprint density at radius 2 is 1.33 bits per heavy atom. The molecule has 110 valence electrons. The molecule has 0 saturated heterocycles. The summed E-state index contributed by atoms with van der Waals surface area (Å²) in [5.41, 5.74) is 0. The largest absolute Gasteiger partial charge is 0.0942 e. The molecule has 0 radical (unpaired) electrons. The van der Waals surface area contributed by atoms with Crippen LogP contribution in [0, 0.1) is 5.92 Å². The third-order valence-corrected chi connectivity index (χ3v) is 6.69. The fourth-order valence-corrected chi connectivity index (χ4v) is 4.66. The molecule has 2 atom stereocenters. The average Bonchev–Trinajstić information content (AvgIpc) is 2.39. The van der Waals surface area contributed by atoms with Crippen LogP contribution in [0.15, 0.2) is 0 Å². The van der Waals surface area contributed by atoms with Crippen molar-refractivity contribution in [2.24, 2.45) is 5.92 Å². The second-order valence-electron chi connectivity index (χ2n) is 5.31. The highest BCUT2D eigenvalue weighted by atomic mass is 33.1. The number of rotatable bonds is 13. The zero-order valence-corrected chi connectivity index (χ0v) is 14.7. The zero-order chi connectivity index (χ0) is 13.6. The molecule has 0 amide bonds. The van der Waals surface area contributed by atoms with Crippen LogP contribution in [0.1, 0.15) is 85.5 Å². The van der Waals surface area contributed by atoms with E-state index in [-0.39, 0.29) is 0 Å². The number of hydrogen-bond donors (Lipinski definition) is 0. The van der Waals surface area contributed by atoms with E-state index >= 15 is 0 Å². The molecule has 18 heavy (non-hydrogen) atoms. The minimum atomic E-state index is 0.841. The Morgan fingerprint density at radius 1 is 0.778 bits per heavy atom. The summed E-state index contributed by atoms with van der Waals surface area (Å²) in [6.07, 6.45) is 12.8. The lowest BCUT2D eigenvalue weighted by Gasteiger charge is -2.23. The summed E-state index contributed by atoms with van der Waals surface area (Å²) in [5, 5.41) is 0.841. The highest BCUT2D eigenvalue weighted by Gasteiger charge is 2.17. The summed E-state index contributed by atoms with van der Waals surface area (Å²) in [5.74, 6) is 2.20. The molecule has 0 bridgehead atoms. The molecule has 0 N–H and O–H groups in total. The van der Waals surface area contributed by atoms with Gasteiger partial charge in [0.25, 0.3) is 0 Å². The van der Waals surface area contributed by atoms with Crippen molar-refractivity contribution in [3.8, 4) is 0 Å². The van der Waals surface area contributed by atoms with E-state index in [2.05, 4.69) is 38.5 Å². The van der Waals surface area contributed by atoms with Gasteiger partial charge in [0, 0.05) is 11.0 Å². The predicted octanol–water partition coefficient (Wildman–Crippen LogP) is 6.94. The Labute approximate surface area is 124 Å². The standard InChI is InChI=1S/C16H34S2/c1-5-8-10-12-14-16(13-11-9-6-2)15(4)18-17-7-3/h15-16H,5-14H2,1-4H3/t15-,16?/m1/s1. The summed E-state index contributed by atoms with van der Waals surface area (Å²) in [6, 6.07) is 0. The van der Waals surface area contributed by atoms with Gasteiger partial charge in [0.1, 0.15) is 0 Å². The molecule has 2 heteroatoms. The molecule has 0 spiro atoms. The maximum absolute atomic E-state index is 2.45. The van der Waals surface area contributed by atoms with E-state index in [1.165, 1.54) is 63.5 Å². The van der Waals surface area contributed by atoms with Crippen molar-refractivity contribution in [1.29, 1.82) is 0 Å². The SMILES string of the molecule is CCCCCCC(CCCCC)[C@@H](C)SSCC.